The largest absolute Gasteiger partial charge is 0.481 e. The smallest absolute Gasteiger partial charge is 0.305 e. The molecule has 2 heterocycles. The number of nitrogens with one attached hydrogen (secondary N) is 1. The molecule has 2 atom stereocenters. The summed E-state index contributed by atoms with van der Waals surface area (Å²) >= 11 is 0. The number of fused-ring (bicyclic) bond motifs is 1. The number of para-hydroxylation sites is 1. The molecule has 2 unspecified atom stereocenters. The van der Waals surface area contributed by atoms with Gasteiger partial charge in [-0.3, -0.25) is 19.4 Å². The standard InChI is InChI=1S/C20H20FN3O5/c1-2-20(19(28)23-14(9-17(26)27)16(25)11-21)10-15(24-29-20)13-7-3-5-12-6-4-8-22-18(12)13/h3-8,14H,2,9-11H2,1H3,(H,23,28)(H,26,27). The van der Waals surface area contributed by atoms with Gasteiger partial charge in [0.05, 0.1) is 17.6 Å². The number of alkyl halides is 1. The zero-order chi connectivity index (χ0) is 21.0. The van der Waals surface area contributed by atoms with Crippen molar-refractivity contribution in [3.8, 4) is 0 Å². The van der Waals surface area contributed by atoms with Gasteiger partial charge >= 0.3 is 5.97 Å². The molecule has 0 saturated carbocycles. The highest BCUT2D eigenvalue weighted by Crippen LogP contribution is 2.32. The van der Waals surface area contributed by atoms with Crippen LogP contribution in [0.2, 0.25) is 0 Å². The normalized spacial score (nSPS) is 19.3. The van der Waals surface area contributed by atoms with E-state index in [4.69, 9.17) is 9.94 Å². The summed E-state index contributed by atoms with van der Waals surface area (Å²) in [4.78, 5) is 45.4. The number of pyridine rings is 1. The molecule has 3 rings (SSSR count). The molecule has 0 saturated heterocycles. The van der Waals surface area contributed by atoms with Gasteiger partial charge in [-0.25, -0.2) is 4.39 Å². The molecule has 0 spiro atoms. The van der Waals surface area contributed by atoms with E-state index in [0.717, 1.165) is 5.39 Å². The van der Waals surface area contributed by atoms with Crippen molar-refractivity contribution in [3.05, 3.63) is 42.1 Å². The summed E-state index contributed by atoms with van der Waals surface area (Å²) in [6, 6.07) is 7.81. The maximum Gasteiger partial charge on any atom is 0.305 e. The number of carbonyl (C=O) groups excluding carboxylic acids is 2. The SMILES string of the molecule is CCC1(C(=O)NC(CC(=O)O)C(=O)CF)CC(c2cccc3cccnc23)=NO1. The Morgan fingerprint density at radius 2 is 2.07 bits per heavy atom. The fourth-order valence-electron chi connectivity index (χ4n) is 3.23. The zero-order valence-electron chi connectivity index (χ0n) is 15.7. The van der Waals surface area contributed by atoms with Crippen molar-refractivity contribution >= 4 is 34.3 Å². The molecular weight excluding hydrogens is 381 g/mol. The number of halogens is 1. The van der Waals surface area contributed by atoms with Crippen LogP contribution in [-0.2, 0) is 19.2 Å². The van der Waals surface area contributed by atoms with E-state index in [1.54, 1.807) is 13.1 Å². The van der Waals surface area contributed by atoms with Gasteiger partial charge in [0.15, 0.2) is 5.78 Å². The van der Waals surface area contributed by atoms with Crippen LogP contribution in [0, 0.1) is 0 Å². The third-order valence-corrected chi connectivity index (χ3v) is 4.92. The minimum Gasteiger partial charge on any atom is -0.481 e. The Kier molecular flexibility index (Phi) is 5.86. The lowest BCUT2D eigenvalue weighted by molar-refractivity contribution is -0.148. The van der Waals surface area contributed by atoms with Gasteiger partial charge in [0.2, 0.25) is 5.60 Å². The molecule has 1 aromatic heterocycles. The summed E-state index contributed by atoms with van der Waals surface area (Å²) in [6.45, 7) is 0.338. The molecule has 1 amide bonds. The van der Waals surface area contributed by atoms with Crippen LogP contribution in [0.5, 0.6) is 0 Å². The van der Waals surface area contributed by atoms with Crippen LogP contribution in [0.15, 0.2) is 41.7 Å². The van der Waals surface area contributed by atoms with Gasteiger partial charge in [0, 0.05) is 23.6 Å². The molecule has 8 nitrogen and oxygen atoms in total. The quantitative estimate of drug-likeness (QED) is 0.699. The van der Waals surface area contributed by atoms with Crippen LogP contribution in [0.25, 0.3) is 10.9 Å². The van der Waals surface area contributed by atoms with E-state index in [1.807, 2.05) is 30.3 Å². The number of aromatic nitrogens is 1. The van der Waals surface area contributed by atoms with Crippen molar-refractivity contribution in [1.29, 1.82) is 0 Å². The molecular formula is C20H20FN3O5. The van der Waals surface area contributed by atoms with E-state index < -0.39 is 42.4 Å². The molecule has 152 valence electrons. The third kappa shape index (κ3) is 4.08. The van der Waals surface area contributed by atoms with E-state index >= 15 is 0 Å². The number of hydrogen-bond acceptors (Lipinski definition) is 6. The minimum absolute atomic E-state index is 0.106. The highest BCUT2D eigenvalue weighted by atomic mass is 19.1. The number of rotatable bonds is 8. The molecule has 0 bridgehead atoms. The van der Waals surface area contributed by atoms with Gasteiger partial charge < -0.3 is 15.3 Å². The summed E-state index contributed by atoms with van der Waals surface area (Å²) < 4.78 is 12.8. The first-order valence-corrected chi connectivity index (χ1v) is 9.11. The summed E-state index contributed by atoms with van der Waals surface area (Å²) in [5, 5.41) is 16.2. The molecule has 0 aliphatic carbocycles. The fourth-order valence-corrected chi connectivity index (χ4v) is 3.23. The zero-order valence-corrected chi connectivity index (χ0v) is 15.7. The van der Waals surface area contributed by atoms with Gasteiger partial charge in [0.1, 0.15) is 12.7 Å². The molecule has 9 heteroatoms. The molecule has 1 aliphatic rings. The number of oxime groups is 1. The third-order valence-electron chi connectivity index (χ3n) is 4.92. The number of carboxylic acid groups (broad SMARTS) is 1. The first kappa shape index (κ1) is 20.4. The van der Waals surface area contributed by atoms with E-state index in [2.05, 4.69) is 15.5 Å². The van der Waals surface area contributed by atoms with Crippen molar-refractivity contribution in [2.75, 3.05) is 6.67 Å². The lowest BCUT2D eigenvalue weighted by atomic mass is 9.89. The van der Waals surface area contributed by atoms with Gasteiger partial charge in [0.25, 0.3) is 5.91 Å². The van der Waals surface area contributed by atoms with Crippen molar-refractivity contribution < 1.29 is 28.7 Å². The van der Waals surface area contributed by atoms with E-state index in [1.165, 1.54) is 0 Å². The van der Waals surface area contributed by atoms with Crippen molar-refractivity contribution in [2.24, 2.45) is 5.16 Å². The number of amides is 1. The molecule has 2 N–H and O–H groups in total. The summed E-state index contributed by atoms with van der Waals surface area (Å²) in [5.41, 5.74) is 0.520. The Labute approximate surface area is 165 Å². The molecule has 1 aliphatic heterocycles. The van der Waals surface area contributed by atoms with Crippen LogP contribution in [-0.4, -0.2) is 51.8 Å². The van der Waals surface area contributed by atoms with Crippen LogP contribution < -0.4 is 5.32 Å². The van der Waals surface area contributed by atoms with Crippen molar-refractivity contribution in [1.82, 2.24) is 10.3 Å². The number of carbonyl (C=O) groups is 3. The molecule has 0 fully saturated rings. The summed E-state index contributed by atoms with van der Waals surface area (Å²) in [7, 11) is 0. The predicted octanol–water partition coefficient (Wildman–Crippen LogP) is 2.01. The second-order valence-electron chi connectivity index (χ2n) is 6.76. The Hall–Kier alpha value is -3.36. The number of ketones is 1. The van der Waals surface area contributed by atoms with Crippen LogP contribution in [0.1, 0.15) is 31.7 Å². The van der Waals surface area contributed by atoms with Gasteiger partial charge in [-0.2, -0.15) is 0 Å². The van der Waals surface area contributed by atoms with E-state index in [0.29, 0.717) is 16.8 Å². The van der Waals surface area contributed by atoms with E-state index in [9.17, 15) is 18.8 Å². The molecule has 29 heavy (non-hydrogen) atoms. The fraction of sp³-hybridized carbons (Fsp3) is 0.350. The lowest BCUT2D eigenvalue weighted by Gasteiger charge is -2.26. The van der Waals surface area contributed by atoms with Crippen molar-refractivity contribution in [2.45, 2.75) is 37.8 Å². The van der Waals surface area contributed by atoms with Gasteiger partial charge in [-0.1, -0.05) is 36.3 Å². The number of Topliss-reactive ketones (excluding diaryl/α,β-unsaturated/α-hetero) is 1. The number of benzene rings is 1. The first-order valence-electron chi connectivity index (χ1n) is 9.11. The molecule has 2 aromatic rings. The lowest BCUT2D eigenvalue weighted by Crippen LogP contribution is -2.53. The Morgan fingerprint density at radius 1 is 1.31 bits per heavy atom. The van der Waals surface area contributed by atoms with E-state index in [-0.39, 0.29) is 12.8 Å². The maximum absolute atomic E-state index is 12.9. The Balaban J connectivity index is 1.83. The summed E-state index contributed by atoms with van der Waals surface area (Å²) in [5.74, 6) is -3.04. The second-order valence-corrected chi connectivity index (χ2v) is 6.76. The first-order chi connectivity index (χ1) is 13.9. The number of nitrogens with zero attached hydrogens (tertiary/aromatic N) is 2. The highest BCUT2D eigenvalue weighted by molar-refractivity contribution is 6.12. The average Bonchev–Trinajstić information content (AvgIpc) is 3.17. The Morgan fingerprint density at radius 3 is 2.76 bits per heavy atom. The molecule has 1 aromatic carbocycles. The van der Waals surface area contributed by atoms with Crippen LogP contribution in [0.4, 0.5) is 4.39 Å². The Bertz CT molecular complexity index is 988. The van der Waals surface area contributed by atoms with Crippen molar-refractivity contribution in [3.63, 3.8) is 0 Å². The summed E-state index contributed by atoms with van der Waals surface area (Å²) in [6.07, 6.45) is 1.26. The van der Waals surface area contributed by atoms with Gasteiger partial charge in [-0.15, -0.1) is 0 Å². The second kappa shape index (κ2) is 8.34. The highest BCUT2D eigenvalue weighted by Gasteiger charge is 2.46. The minimum atomic E-state index is -1.47. The predicted molar refractivity (Wildman–Crippen MR) is 102 cm³/mol. The number of carboxylic acids is 1. The topological polar surface area (TPSA) is 118 Å². The average molecular weight is 401 g/mol. The van der Waals surface area contributed by atoms with Crippen LogP contribution >= 0.6 is 0 Å². The number of aliphatic carboxylic acids is 1. The maximum atomic E-state index is 12.9. The number of hydrogen-bond donors (Lipinski definition) is 2. The monoisotopic (exact) mass is 401 g/mol. The van der Waals surface area contributed by atoms with Crippen LogP contribution in [0.3, 0.4) is 0 Å². The van der Waals surface area contributed by atoms with Gasteiger partial charge in [-0.05, 0) is 12.5 Å². The molecule has 0 radical (unpaired) electrons.